The molecule has 5 nitrogen and oxygen atoms in total. The predicted octanol–water partition coefficient (Wildman–Crippen LogP) is 1.09. The molecule has 0 amide bonds. The molecule has 17 heavy (non-hydrogen) atoms. The van der Waals surface area contributed by atoms with Gasteiger partial charge >= 0.3 is 0 Å². The van der Waals surface area contributed by atoms with Crippen molar-refractivity contribution in [2.75, 3.05) is 31.7 Å². The van der Waals surface area contributed by atoms with Gasteiger partial charge in [0.25, 0.3) is 0 Å². The van der Waals surface area contributed by atoms with Gasteiger partial charge in [0.1, 0.15) is 12.4 Å². The summed E-state index contributed by atoms with van der Waals surface area (Å²) in [7, 11) is 1.92. The Morgan fingerprint density at radius 1 is 1.59 bits per heavy atom. The number of anilines is 1. The van der Waals surface area contributed by atoms with Crippen LogP contribution < -0.4 is 10.2 Å². The molecule has 2 aliphatic rings. The number of aromatic hydroxyl groups is 1. The van der Waals surface area contributed by atoms with Gasteiger partial charge in [-0.15, -0.1) is 0 Å². The monoisotopic (exact) mass is 253 g/mol. The molecule has 1 saturated heterocycles. The average molecular weight is 253 g/mol. The zero-order valence-electron chi connectivity index (χ0n) is 9.59. The molecule has 6 heteroatoms. The number of thioether (sulfide) groups is 1. The lowest BCUT2D eigenvalue weighted by molar-refractivity contribution is -0.877. The summed E-state index contributed by atoms with van der Waals surface area (Å²) in [5.41, 5.74) is 0.794. The van der Waals surface area contributed by atoms with Gasteiger partial charge in [0, 0.05) is 18.0 Å². The lowest BCUT2D eigenvalue weighted by Gasteiger charge is -2.44. The molecule has 92 valence electrons. The third-order valence-corrected chi connectivity index (χ3v) is 4.85. The van der Waals surface area contributed by atoms with Gasteiger partial charge in [0.15, 0.2) is 0 Å². The van der Waals surface area contributed by atoms with Crippen LogP contribution in [0.4, 0.5) is 5.69 Å². The van der Waals surface area contributed by atoms with Gasteiger partial charge in [-0.2, -0.15) is 0 Å². The van der Waals surface area contributed by atoms with Crippen LogP contribution in [0.25, 0.3) is 0 Å². The number of nitrogens with one attached hydrogen (secondary N) is 1. The highest BCUT2D eigenvalue weighted by atomic mass is 32.2. The summed E-state index contributed by atoms with van der Waals surface area (Å²) in [6, 6.07) is 5.26. The van der Waals surface area contributed by atoms with E-state index in [0.717, 1.165) is 17.1 Å². The summed E-state index contributed by atoms with van der Waals surface area (Å²) < 4.78 is -0.239. The molecule has 1 fully saturated rings. The molecule has 3 rings (SSSR count). The number of hydrogen-bond donors (Lipinski definition) is 2. The number of hydrogen-bond acceptors (Lipinski definition) is 5. The smallest absolute Gasteiger partial charge is 0.218 e. The largest absolute Gasteiger partial charge is 0.630 e. The first kappa shape index (κ1) is 11.2. The Kier molecular flexibility index (Phi) is 2.48. The Morgan fingerprint density at radius 3 is 3.12 bits per heavy atom. The number of phenols is 1. The molecule has 2 unspecified atom stereocenters. The number of quaternary nitrogens is 1. The van der Waals surface area contributed by atoms with Crippen LogP contribution >= 0.6 is 11.8 Å². The van der Waals surface area contributed by atoms with Crippen molar-refractivity contribution in [3.05, 3.63) is 23.4 Å². The zero-order valence-corrected chi connectivity index (χ0v) is 10.4. The highest BCUT2D eigenvalue weighted by Gasteiger charge is 2.41. The second-order valence-corrected chi connectivity index (χ2v) is 5.64. The van der Waals surface area contributed by atoms with E-state index in [2.05, 4.69) is 5.32 Å². The lowest BCUT2D eigenvalue weighted by atomic mass is 10.3. The van der Waals surface area contributed by atoms with E-state index in [1.54, 1.807) is 23.9 Å². The lowest BCUT2D eigenvalue weighted by Crippen LogP contribution is -2.53. The van der Waals surface area contributed by atoms with Crippen LogP contribution in [-0.2, 0) is 0 Å². The third kappa shape index (κ3) is 1.68. The first-order valence-corrected chi connectivity index (χ1v) is 6.49. The van der Waals surface area contributed by atoms with E-state index in [1.165, 1.54) is 0 Å². The van der Waals surface area contributed by atoms with Crippen LogP contribution in [0.3, 0.4) is 0 Å². The maximum absolute atomic E-state index is 12.6. The van der Waals surface area contributed by atoms with Crippen LogP contribution in [0.5, 0.6) is 5.75 Å². The topological polar surface area (TPSA) is 58.6 Å². The maximum atomic E-state index is 12.6. The summed E-state index contributed by atoms with van der Waals surface area (Å²) in [6.07, 6.45) is 0. The van der Waals surface area contributed by atoms with Crippen molar-refractivity contribution < 1.29 is 9.75 Å². The van der Waals surface area contributed by atoms with Crippen molar-refractivity contribution in [1.82, 2.24) is 5.32 Å². The van der Waals surface area contributed by atoms with Crippen molar-refractivity contribution in [2.45, 2.75) is 10.4 Å². The molecule has 2 N–H and O–H groups in total. The molecule has 1 aromatic rings. The van der Waals surface area contributed by atoms with Crippen LogP contribution in [0.1, 0.15) is 0 Å². The minimum atomic E-state index is -0.239. The summed E-state index contributed by atoms with van der Waals surface area (Å²) in [5, 5.41) is 25.2. The van der Waals surface area contributed by atoms with Crippen molar-refractivity contribution in [2.24, 2.45) is 0 Å². The van der Waals surface area contributed by atoms with Gasteiger partial charge in [0.05, 0.1) is 18.8 Å². The van der Waals surface area contributed by atoms with Crippen LogP contribution in [-0.4, -0.2) is 42.1 Å². The molecular formula is C11H15N3O2S. The number of benzene rings is 1. The van der Waals surface area contributed by atoms with E-state index >= 15 is 0 Å². The predicted molar refractivity (Wildman–Crippen MR) is 67.5 cm³/mol. The van der Waals surface area contributed by atoms with Crippen LogP contribution in [0.2, 0.25) is 0 Å². The van der Waals surface area contributed by atoms with Gasteiger partial charge in [-0.3, -0.25) is 5.32 Å². The molecular weight excluding hydrogens is 238 g/mol. The molecule has 0 radical (unpaired) electrons. The summed E-state index contributed by atoms with van der Waals surface area (Å²) >= 11 is 1.58. The summed E-state index contributed by atoms with van der Waals surface area (Å²) in [4.78, 5) is 3.04. The molecule has 1 aromatic carbocycles. The van der Waals surface area contributed by atoms with Crippen molar-refractivity contribution in [3.63, 3.8) is 0 Å². The maximum Gasteiger partial charge on any atom is 0.218 e. The van der Waals surface area contributed by atoms with Gasteiger partial charge in [0.2, 0.25) is 5.50 Å². The Balaban J connectivity index is 1.93. The molecule has 0 aromatic heterocycles. The second kappa shape index (κ2) is 3.78. The second-order valence-electron chi connectivity index (χ2n) is 4.54. The highest BCUT2D eigenvalue weighted by Crippen LogP contribution is 2.47. The first-order valence-electron chi connectivity index (χ1n) is 5.61. The fourth-order valence-corrected chi connectivity index (χ4v) is 3.75. The molecule has 0 aliphatic carbocycles. The third-order valence-electron chi connectivity index (χ3n) is 3.34. The van der Waals surface area contributed by atoms with Crippen molar-refractivity contribution in [3.8, 4) is 5.75 Å². The number of phenolic OH excluding ortho intramolecular Hbond substituents is 1. The van der Waals surface area contributed by atoms with Crippen LogP contribution in [0, 0.1) is 5.21 Å². The molecule has 2 atom stereocenters. The van der Waals surface area contributed by atoms with Crippen molar-refractivity contribution in [1.29, 1.82) is 0 Å². The van der Waals surface area contributed by atoms with Gasteiger partial charge in [-0.1, -0.05) is 0 Å². The Hall–Kier alpha value is -0.950. The zero-order chi connectivity index (χ0) is 12.0. The van der Waals surface area contributed by atoms with E-state index < -0.39 is 0 Å². The number of hydroxylamine groups is 3. The molecule has 0 bridgehead atoms. The normalized spacial score (nSPS) is 31.9. The SMILES string of the molecule is CN1c2cc(O)ccc2SC1[N+]1([O-])CCNC1. The summed E-state index contributed by atoms with van der Waals surface area (Å²) in [5.74, 6) is 0.244. The minimum absolute atomic E-state index is 0.151. The number of fused-ring (bicyclic) bond motifs is 1. The standard InChI is InChI=1S/C11H15N3O2S/c1-13-9-6-8(15)2-3-10(9)17-11(13)14(16)5-4-12-7-14/h2-3,6,11-12,15H,4-5,7H2,1H3. The Bertz CT molecular complexity index is 448. The molecule has 0 spiro atoms. The number of rotatable bonds is 1. The molecule has 0 saturated carbocycles. The average Bonchev–Trinajstić information content (AvgIpc) is 2.86. The van der Waals surface area contributed by atoms with E-state index in [9.17, 15) is 10.3 Å². The Labute approximate surface area is 104 Å². The Morgan fingerprint density at radius 2 is 2.41 bits per heavy atom. The van der Waals surface area contributed by atoms with Gasteiger partial charge in [-0.25, -0.2) is 0 Å². The molecule has 2 aliphatic heterocycles. The molecule has 2 heterocycles. The minimum Gasteiger partial charge on any atom is -0.630 e. The van der Waals surface area contributed by atoms with Gasteiger partial charge < -0.3 is 19.9 Å². The van der Waals surface area contributed by atoms with E-state index in [4.69, 9.17) is 0 Å². The first-order chi connectivity index (χ1) is 8.10. The number of nitrogens with zero attached hydrogens (tertiary/aromatic N) is 2. The van der Waals surface area contributed by atoms with Gasteiger partial charge in [-0.05, 0) is 23.9 Å². The van der Waals surface area contributed by atoms with E-state index in [1.807, 2.05) is 18.0 Å². The van der Waals surface area contributed by atoms with E-state index in [0.29, 0.717) is 13.2 Å². The highest BCUT2D eigenvalue weighted by molar-refractivity contribution is 8.00. The fourth-order valence-electron chi connectivity index (χ4n) is 2.41. The van der Waals surface area contributed by atoms with E-state index in [-0.39, 0.29) is 15.9 Å². The fraction of sp³-hybridized carbons (Fsp3) is 0.455. The summed E-state index contributed by atoms with van der Waals surface area (Å²) in [6.45, 7) is 1.83. The van der Waals surface area contributed by atoms with Crippen molar-refractivity contribution >= 4 is 17.4 Å². The quantitative estimate of drug-likeness (QED) is 0.579. The van der Waals surface area contributed by atoms with Crippen LogP contribution in [0.15, 0.2) is 23.1 Å².